The Hall–Kier alpha value is -1.85. The van der Waals surface area contributed by atoms with Crippen LogP contribution in [0.1, 0.15) is 13.2 Å². The van der Waals surface area contributed by atoms with Crippen LogP contribution in [0.4, 0.5) is 5.95 Å². The topological polar surface area (TPSA) is 192 Å². The molecular weight excluding hydrogens is 392 g/mol. The summed E-state index contributed by atoms with van der Waals surface area (Å²) in [6.45, 7) is 1.42. The number of fused-ring (bicyclic) bond motifs is 1. The molecule has 0 saturated carbocycles. The zero-order valence-electron chi connectivity index (χ0n) is 13.3. The Morgan fingerprint density at radius 1 is 1.42 bits per heavy atom. The molecule has 2 aromatic heterocycles. The van der Waals surface area contributed by atoms with Crippen LogP contribution in [0.3, 0.4) is 0 Å². The molecule has 1 aliphatic heterocycles. The van der Waals surface area contributed by atoms with E-state index in [9.17, 15) is 13.9 Å². The molecule has 0 bridgehead atoms. The van der Waals surface area contributed by atoms with Gasteiger partial charge in [-0.2, -0.15) is 4.98 Å². The third-order valence-electron chi connectivity index (χ3n) is 3.99. The lowest BCUT2D eigenvalue weighted by Crippen LogP contribution is -2.27. The average molecular weight is 407 g/mol. The smallest absolute Gasteiger partial charge is 0.369 e. The number of hydrogen-bond acceptors (Lipinski definition) is 9. The molecule has 5 N–H and O–H groups in total. The highest BCUT2D eigenvalue weighted by molar-refractivity contribution is 7.32. The van der Waals surface area contributed by atoms with Crippen molar-refractivity contribution in [2.45, 2.75) is 25.4 Å². The molecule has 3 heterocycles. The molecule has 0 radical (unpaired) electrons. The first-order chi connectivity index (χ1) is 12.3. The number of H-pyrrole nitrogens is 1. The molecule has 3 rings (SSSR count). The van der Waals surface area contributed by atoms with Crippen LogP contribution in [0.2, 0.25) is 0 Å². The molecule has 140 valence electrons. The third kappa shape index (κ3) is 3.64. The molecule has 0 aliphatic carbocycles. The van der Waals surface area contributed by atoms with E-state index in [4.69, 9.17) is 24.8 Å². The van der Waals surface area contributed by atoms with E-state index in [0.29, 0.717) is 0 Å². The van der Waals surface area contributed by atoms with Crippen LogP contribution < -0.4 is 11.3 Å². The molecule has 13 nitrogen and oxygen atoms in total. The molecule has 1 aliphatic rings. The zero-order chi connectivity index (χ0) is 19.0. The Balaban J connectivity index is 1.99. The molecule has 15 heteroatoms. The Labute approximate surface area is 147 Å². The minimum absolute atomic E-state index is 0.000673. The van der Waals surface area contributed by atoms with Gasteiger partial charge < -0.3 is 10.5 Å². The fourth-order valence-electron chi connectivity index (χ4n) is 2.79. The van der Waals surface area contributed by atoms with Crippen molar-refractivity contribution < 1.29 is 32.7 Å². The molecule has 4 unspecified atom stereocenters. The number of nitrogens with one attached hydrogen (secondary N) is 1. The van der Waals surface area contributed by atoms with Gasteiger partial charge in [0.15, 0.2) is 23.5 Å². The van der Waals surface area contributed by atoms with Crippen molar-refractivity contribution in [1.29, 1.82) is 0 Å². The Morgan fingerprint density at radius 2 is 2.15 bits per heavy atom. The first-order valence-electron chi connectivity index (χ1n) is 7.27. The summed E-state index contributed by atoms with van der Waals surface area (Å²) in [6, 6.07) is 0. The molecule has 26 heavy (non-hydrogen) atoms. The number of nitrogen functional groups attached to an aromatic ring is 1. The van der Waals surface area contributed by atoms with Crippen LogP contribution in [-0.4, -0.2) is 48.1 Å². The van der Waals surface area contributed by atoms with Crippen LogP contribution in [0.25, 0.3) is 11.2 Å². The van der Waals surface area contributed by atoms with Crippen molar-refractivity contribution >= 4 is 33.6 Å². The number of nitrogens with zero attached hydrogens (tertiary/aromatic N) is 3. The van der Waals surface area contributed by atoms with Gasteiger partial charge in [-0.05, 0) is 0 Å². The number of nitrogens with two attached hydrogens (primary N) is 1. The molecule has 1 fully saturated rings. The van der Waals surface area contributed by atoms with Crippen molar-refractivity contribution in [2.75, 3.05) is 12.3 Å². The number of ether oxygens (including phenoxy) is 1. The van der Waals surface area contributed by atoms with Gasteiger partial charge in [-0.3, -0.25) is 14.3 Å². The summed E-state index contributed by atoms with van der Waals surface area (Å²) in [5, 5.41) is 0. The normalized spacial score (nSPS) is 27.0. The van der Waals surface area contributed by atoms with Crippen LogP contribution in [0, 0.1) is 5.92 Å². The van der Waals surface area contributed by atoms with Gasteiger partial charge in [-0.1, -0.05) is 6.92 Å². The van der Waals surface area contributed by atoms with Crippen molar-refractivity contribution in [3.05, 3.63) is 16.7 Å². The van der Waals surface area contributed by atoms with E-state index in [1.807, 2.05) is 0 Å². The molecule has 0 aromatic carbocycles. The largest absolute Gasteiger partial charge is 0.695 e. The van der Waals surface area contributed by atoms with E-state index < -0.39 is 46.4 Å². The van der Waals surface area contributed by atoms with E-state index in [1.165, 1.54) is 10.9 Å². The van der Waals surface area contributed by atoms with Crippen LogP contribution in [0.5, 0.6) is 0 Å². The van der Waals surface area contributed by atoms with Crippen LogP contribution in [-0.2, 0) is 22.9 Å². The second-order valence-electron chi connectivity index (χ2n) is 5.54. The number of imidazole rings is 1. The fraction of sp³-hybridized carbons (Fsp3) is 0.545. The van der Waals surface area contributed by atoms with E-state index in [-0.39, 0.29) is 23.7 Å². The summed E-state index contributed by atoms with van der Waals surface area (Å²) in [4.78, 5) is 40.1. The number of hydrogen-bond donors (Lipinski definition) is 4. The Kier molecular flexibility index (Phi) is 5.39. The lowest BCUT2D eigenvalue weighted by Gasteiger charge is -2.16. The lowest BCUT2D eigenvalue weighted by atomic mass is 10.0. The van der Waals surface area contributed by atoms with Gasteiger partial charge in [-0.25, -0.2) is 4.98 Å². The Bertz CT molecular complexity index is 916. The van der Waals surface area contributed by atoms with Gasteiger partial charge in [-0.15, -0.1) is 18.8 Å². The monoisotopic (exact) mass is 407 g/mol. The average Bonchev–Trinajstić information content (AvgIpc) is 3.08. The van der Waals surface area contributed by atoms with Crippen molar-refractivity contribution in [3.8, 4) is 0 Å². The molecular formula is C11H15N5O8P2+2. The molecule has 1 saturated heterocycles. The van der Waals surface area contributed by atoms with Crippen LogP contribution in [0.15, 0.2) is 11.1 Å². The summed E-state index contributed by atoms with van der Waals surface area (Å²) in [6.07, 6.45) is -1.38. The van der Waals surface area contributed by atoms with Crippen molar-refractivity contribution in [3.63, 3.8) is 0 Å². The number of aromatic amines is 1. The SMILES string of the molecule is CC1C(O[P+](=O)O)[C@H](n2cnc3c(=O)[nH]c(N)nc32)O[C@@H]1CO[P+](=O)O. The maximum atomic E-state index is 11.9. The van der Waals surface area contributed by atoms with E-state index in [0.717, 1.165) is 0 Å². The zero-order valence-corrected chi connectivity index (χ0v) is 15.0. The van der Waals surface area contributed by atoms with Gasteiger partial charge >= 0.3 is 16.5 Å². The predicted octanol–water partition coefficient (Wildman–Crippen LogP) is -0.0635. The first kappa shape index (κ1) is 18.9. The number of rotatable bonds is 6. The molecule has 6 atom stereocenters. The Morgan fingerprint density at radius 3 is 2.81 bits per heavy atom. The van der Waals surface area contributed by atoms with Crippen molar-refractivity contribution in [2.24, 2.45) is 5.92 Å². The lowest BCUT2D eigenvalue weighted by molar-refractivity contribution is -0.0418. The maximum absolute atomic E-state index is 11.9. The summed E-state index contributed by atoms with van der Waals surface area (Å²) < 4.78 is 38.8. The quantitative estimate of drug-likeness (QED) is 0.469. The summed E-state index contributed by atoms with van der Waals surface area (Å²) >= 11 is 0. The highest BCUT2D eigenvalue weighted by atomic mass is 31.1. The van der Waals surface area contributed by atoms with Crippen LogP contribution >= 0.6 is 16.5 Å². The van der Waals surface area contributed by atoms with E-state index >= 15 is 0 Å². The molecule has 0 amide bonds. The molecule has 0 spiro atoms. The maximum Gasteiger partial charge on any atom is 0.695 e. The summed E-state index contributed by atoms with van der Waals surface area (Å²) in [5.41, 5.74) is 5.10. The van der Waals surface area contributed by atoms with Gasteiger partial charge in [0.2, 0.25) is 5.95 Å². The summed E-state index contributed by atoms with van der Waals surface area (Å²) in [5.74, 6) is -0.629. The molecule has 2 aromatic rings. The predicted molar refractivity (Wildman–Crippen MR) is 86.1 cm³/mol. The highest BCUT2D eigenvalue weighted by Gasteiger charge is 2.49. The summed E-state index contributed by atoms with van der Waals surface area (Å²) in [7, 11) is -5.80. The van der Waals surface area contributed by atoms with E-state index in [1.54, 1.807) is 6.92 Å². The van der Waals surface area contributed by atoms with Crippen molar-refractivity contribution in [1.82, 2.24) is 19.5 Å². The number of aromatic nitrogens is 4. The van der Waals surface area contributed by atoms with Gasteiger partial charge in [0.05, 0.1) is 12.4 Å². The fourth-order valence-corrected chi connectivity index (χ4v) is 3.56. The minimum Gasteiger partial charge on any atom is -0.369 e. The van der Waals surface area contributed by atoms with Gasteiger partial charge in [0.25, 0.3) is 5.56 Å². The standard InChI is InChI=1S/C11H13N5O8P2/c1-4-5(2-22-25(18)19)23-10(7(4)24-26(20)21)16-3-13-6-8(16)14-11(12)15-9(6)17/h3-5,7,10H,2H2,1H3,(H3-2,12,14,15,17,18,19,20,21)/p+2/t4?,5-,7?,10-/m1/s1. The minimum atomic E-state index is -2.96. The number of anilines is 1. The van der Waals surface area contributed by atoms with Gasteiger partial charge in [0.1, 0.15) is 6.61 Å². The second kappa shape index (κ2) is 7.41. The third-order valence-corrected chi connectivity index (χ3v) is 4.78. The second-order valence-corrected chi connectivity index (χ2v) is 6.96. The van der Waals surface area contributed by atoms with E-state index in [2.05, 4.69) is 19.5 Å². The highest BCUT2D eigenvalue weighted by Crippen LogP contribution is 2.41. The van der Waals surface area contributed by atoms with Gasteiger partial charge in [0, 0.05) is 15.0 Å². The first-order valence-corrected chi connectivity index (χ1v) is 9.53.